The van der Waals surface area contributed by atoms with Gasteiger partial charge in [-0.05, 0) is 61.7 Å². The highest BCUT2D eigenvalue weighted by molar-refractivity contribution is 5.93. The lowest BCUT2D eigenvalue weighted by Gasteiger charge is -2.07. The van der Waals surface area contributed by atoms with Gasteiger partial charge >= 0.3 is 0 Å². The summed E-state index contributed by atoms with van der Waals surface area (Å²) in [4.78, 5) is 12.5. The smallest absolute Gasteiger partial charge is 0.274 e. The number of methoxy groups -OCH3 is 1. The number of aryl methyl sites for hydroxylation is 2. The minimum absolute atomic E-state index is 0.242. The number of carbonyl (C=O) groups is 1. The fraction of sp³-hybridized carbons (Fsp3) is 0.250. The Morgan fingerprint density at radius 2 is 1.81 bits per heavy atom. The number of benzene rings is 2. The highest BCUT2D eigenvalue weighted by Crippen LogP contribution is 2.16. The molecule has 0 aliphatic heterocycles. The van der Waals surface area contributed by atoms with Crippen LogP contribution >= 0.6 is 0 Å². The first kappa shape index (κ1) is 17.7. The van der Waals surface area contributed by atoms with Gasteiger partial charge < -0.3 is 10.1 Å². The molecule has 0 saturated carbocycles. The summed E-state index contributed by atoms with van der Waals surface area (Å²) in [5, 5.41) is 11.1. The van der Waals surface area contributed by atoms with Gasteiger partial charge in [-0.2, -0.15) is 0 Å². The number of nitrogens with one attached hydrogen (secondary N) is 1. The summed E-state index contributed by atoms with van der Waals surface area (Å²) in [5.41, 5.74) is 5.30. The van der Waals surface area contributed by atoms with Gasteiger partial charge in [0.05, 0.1) is 18.5 Å². The number of hydrogen-bond donors (Lipinski definition) is 1. The third kappa shape index (κ3) is 3.59. The molecule has 0 atom stereocenters. The number of carbonyl (C=O) groups excluding carboxylic acids is 1. The maximum Gasteiger partial charge on any atom is 0.274 e. The largest absolute Gasteiger partial charge is 0.497 e. The summed E-state index contributed by atoms with van der Waals surface area (Å²) in [6.07, 6.45) is 0. The van der Waals surface area contributed by atoms with Crippen LogP contribution in [0.15, 0.2) is 42.5 Å². The van der Waals surface area contributed by atoms with Gasteiger partial charge in [-0.1, -0.05) is 23.4 Å². The van der Waals surface area contributed by atoms with Gasteiger partial charge in [-0.25, -0.2) is 4.68 Å². The van der Waals surface area contributed by atoms with E-state index in [0.717, 1.165) is 17.0 Å². The van der Waals surface area contributed by atoms with Crippen molar-refractivity contribution >= 4 is 5.91 Å². The zero-order valence-electron chi connectivity index (χ0n) is 15.4. The average Bonchev–Trinajstić information content (AvgIpc) is 3.04. The molecule has 0 spiro atoms. The monoisotopic (exact) mass is 350 g/mol. The van der Waals surface area contributed by atoms with E-state index in [1.807, 2.05) is 56.3 Å². The first-order chi connectivity index (χ1) is 12.5. The van der Waals surface area contributed by atoms with Crippen LogP contribution in [0.4, 0.5) is 0 Å². The molecule has 1 heterocycles. The van der Waals surface area contributed by atoms with Gasteiger partial charge in [-0.3, -0.25) is 4.79 Å². The van der Waals surface area contributed by atoms with Gasteiger partial charge in [0.25, 0.3) is 5.91 Å². The normalized spacial score (nSPS) is 10.6. The van der Waals surface area contributed by atoms with Crippen LogP contribution in [0, 0.1) is 20.8 Å². The summed E-state index contributed by atoms with van der Waals surface area (Å²) in [6, 6.07) is 13.6. The molecule has 26 heavy (non-hydrogen) atoms. The lowest BCUT2D eigenvalue weighted by Crippen LogP contribution is -2.24. The third-order valence-corrected chi connectivity index (χ3v) is 4.46. The van der Waals surface area contributed by atoms with Gasteiger partial charge in [0.2, 0.25) is 0 Å². The van der Waals surface area contributed by atoms with E-state index in [1.165, 1.54) is 11.1 Å². The summed E-state index contributed by atoms with van der Waals surface area (Å²) >= 11 is 0. The van der Waals surface area contributed by atoms with Gasteiger partial charge in [-0.15, -0.1) is 5.10 Å². The van der Waals surface area contributed by atoms with E-state index in [1.54, 1.807) is 11.8 Å². The predicted molar refractivity (Wildman–Crippen MR) is 99.7 cm³/mol. The molecule has 134 valence electrons. The van der Waals surface area contributed by atoms with Crippen LogP contribution in [0.1, 0.15) is 32.9 Å². The van der Waals surface area contributed by atoms with E-state index in [2.05, 4.69) is 22.6 Å². The van der Waals surface area contributed by atoms with Crippen molar-refractivity contribution in [1.29, 1.82) is 0 Å². The number of rotatable bonds is 5. The number of hydrogen-bond acceptors (Lipinski definition) is 4. The lowest BCUT2D eigenvalue weighted by atomic mass is 10.1. The molecule has 0 aliphatic rings. The molecule has 0 bridgehead atoms. The Morgan fingerprint density at radius 3 is 2.46 bits per heavy atom. The van der Waals surface area contributed by atoms with Gasteiger partial charge in [0.1, 0.15) is 5.75 Å². The molecule has 1 amide bonds. The summed E-state index contributed by atoms with van der Waals surface area (Å²) in [7, 11) is 1.62. The van der Waals surface area contributed by atoms with Gasteiger partial charge in [0.15, 0.2) is 5.69 Å². The van der Waals surface area contributed by atoms with Crippen molar-refractivity contribution < 1.29 is 9.53 Å². The molecule has 2 aromatic carbocycles. The van der Waals surface area contributed by atoms with Crippen molar-refractivity contribution in [2.24, 2.45) is 0 Å². The van der Waals surface area contributed by atoms with Crippen molar-refractivity contribution in [2.45, 2.75) is 27.3 Å². The fourth-order valence-corrected chi connectivity index (χ4v) is 2.65. The molecule has 6 nitrogen and oxygen atoms in total. The SMILES string of the molecule is COc1ccc(CNC(=O)c2nnn(-c3ccc(C)c(C)c3)c2C)cc1. The minimum Gasteiger partial charge on any atom is -0.497 e. The third-order valence-electron chi connectivity index (χ3n) is 4.46. The second kappa shape index (κ2) is 7.39. The molecule has 6 heteroatoms. The number of nitrogens with zero attached hydrogens (tertiary/aromatic N) is 3. The molecule has 0 fully saturated rings. The second-order valence-corrected chi connectivity index (χ2v) is 6.23. The van der Waals surface area contributed by atoms with E-state index in [9.17, 15) is 4.79 Å². The van der Waals surface area contributed by atoms with Crippen molar-refractivity contribution in [2.75, 3.05) is 7.11 Å². The fourth-order valence-electron chi connectivity index (χ4n) is 2.65. The standard InChI is InChI=1S/C20H22N4O2/c1-13-5-8-17(11-14(13)2)24-15(3)19(22-23-24)20(25)21-12-16-6-9-18(26-4)10-7-16/h5-11H,12H2,1-4H3,(H,21,25). The minimum atomic E-state index is -0.242. The maximum atomic E-state index is 12.5. The second-order valence-electron chi connectivity index (χ2n) is 6.23. The van der Waals surface area contributed by atoms with Crippen LogP contribution in [0.25, 0.3) is 5.69 Å². The molecule has 0 radical (unpaired) electrons. The summed E-state index contributed by atoms with van der Waals surface area (Å²) in [6.45, 7) is 6.37. The maximum absolute atomic E-state index is 12.5. The molecule has 3 rings (SSSR count). The number of amides is 1. The first-order valence-electron chi connectivity index (χ1n) is 8.40. The highest BCUT2D eigenvalue weighted by atomic mass is 16.5. The van der Waals surface area contributed by atoms with Crippen LogP contribution < -0.4 is 10.1 Å². The molecule has 1 N–H and O–H groups in total. The van der Waals surface area contributed by atoms with Crippen molar-refractivity contribution in [1.82, 2.24) is 20.3 Å². The number of aromatic nitrogens is 3. The molecule has 0 aliphatic carbocycles. The average molecular weight is 350 g/mol. The van der Waals surface area contributed by atoms with Crippen molar-refractivity contribution in [3.8, 4) is 11.4 Å². The zero-order chi connectivity index (χ0) is 18.7. The van der Waals surface area contributed by atoms with Crippen LogP contribution in [-0.4, -0.2) is 28.0 Å². The van der Waals surface area contributed by atoms with Crippen molar-refractivity contribution in [3.05, 3.63) is 70.5 Å². The summed E-state index contributed by atoms with van der Waals surface area (Å²) < 4.78 is 6.82. The van der Waals surface area contributed by atoms with Gasteiger partial charge in [0, 0.05) is 6.54 Å². The molecule has 1 aromatic heterocycles. The highest BCUT2D eigenvalue weighted by Gasteiger charge is 2.17. The Hall–Kier alpha value is -3.15. The molecular weight excluding hydrogens is 328 g/mol. The van der Waals surface area contributed by atoms with Crippen LogP contribution in [0.5, 0.6) is 5.75 Å². The topological polar surface area (TPSA) is 69.0 Å². The predicted octanol–water partition coefficient (Wildman–Crippen LogP) is 3.13. The Bertz CT molecular complexity index is 929. The van der Waals surface area contributed by atoms with E-state index in [4.69, 9.17) is 4.74 Å². The van der Waals surface area contributed by atoms with Crippen LogP contribution in [-0.2, 0) is 6.54 Å². The van der Waals surface area contributed by atoms with E-state index >= 15 is 0 Å². The Kier molecular flexibility index (Phi) is 5.02. The molecule has 0 unspecified atom stereocenters. The van der Waals surface area contributed by atoms with E-state index < -0.39 is 0 Å². The Labute approximate surface area is 152 Å². The first-order valence-corrected chi connectivity index (χ1v) is 8.40. The molecular formula is C20H22N4O2. The summed E-state index contributed by atoms with van der Waals surface area (Å²) in [5.74, 6) is 0.542. The van der Waals surface area contributed by atoms with Crippen LogP contribution in [0.2, 0.25) is 0 Å². The van der Waals surface area contributed by atoms with E-state index in [0.29, 0.717) is 17.9 Å². The van der Waals surface area contributed by atoms with Crippen molar-refractivity contribution in [3.63, 3.8) is 0 Å². The van der Waals surface area contributed by atoms with E-state index in [-0.39, 0.29) is 5.91 Å². The zero-order valence-corrected chi connectivity index (χ0v) is 15.4. The Balaban J connectivity index is 1.73. The van der Waals surface area contributed by atoms with Crippen LogP contribution in [0.3, 0.4) is 0 Å². The molecule has 0 saturated heterocycles. The quantitative estimate of drug-likeness (QED) is 0.767. The Morgan fingerprint density at radius 1 is 1.08 bits per heavy atom. The lowest BCUT2D eigenvalue weighted by molar-refractivity contribution is 0.0945. The number of ether oxygens (including phenoxy) is 1. The molecule has 3 aromatic rings.